The summed E-state index contributed by atoms with van der Waals surface area (Å²) in [5, 5.41) is 2.97. The number of fused-ring (bicyclic) bond motifs is 2. The quantitative estimate of drug-likeness (QED) is 0.789. The van der Waals surface area contributed by atoms with Crippen molar-refractivity contribution >= 4 is 11.8 Å². The molecule has 2 unspecified atom stereocenters. The molecule has 1 heterocycles. The van der Waals surface area contributed by atoms with Gasteiger partial charge in [-0.3, -0.25) is 9.59 Å². The highest BCUT2D eigenvalue weighted by atomic mass is 16.5. The topological polar surface area (TPSA) is 84.7 Å². The third kappa shape index (κ3) is 4.04. The van der Waals surface area contributed by atoms with Crippen LogP contribution in [-0.4, -0.2) is 55.6 Å². The summed E-state index contributed by atoms with van der Waals surface area (Å²) in [5.74, 6) is 1.32. The van der Waals surface area contributed by atoms with E-state index in [1.54, 1.807) is 0 Å². The van der Waals surface area contributed by atoms with Crippen LogP contribution in [0.25, 0.3) is 0 Å². The number of morpholine rings is 1. The number of carbonyl (C=O) groups excluding carboxylic acids is 2. The largest absolute Gasteiger partial charge is 0.378 e. The minimum atomic E-state index is 0.0867. The van der Waals surface area contributed by atoms with Crippen molar-refractivity contribution in [3.63, 3.8) is 0 Å². The van der Waals surface area contributed by atoms with Crippen LogP contribution in [0.1, 0.15) is 38.5 Å². The Bertz CT molecular complexity index is 423. The van der Waals surface area contributed by atoms with Crippen molar-refractivity contribution in [3.05, 3.63) is 0 Å². The molecular weight excluding hydrogens is 294 g/mol. The van der Waals surface area contributed by atoms with Crippen molar-refractivity contribution in [3.8, 4) is 0 Å². The first-order valence-corrected chi connectivity index (χ1v) is 9.04. The molecule has 6 nitrogen and oxygen atoms in total. The fourth-order valence-corrected chi connectivity index (χ4v) is 4.41. The van der Waals surface area contributed by atoms with E-state index in [1.165, 1.54) is 6.42 Å². The molecule has 0 aromatic carbocycles. The molecule has 2 bridgehead atoms. The Morgan fingerprint density at radius 1 is 1.13 bits per heavy atom. The van der Waals surface area contributed by atoms with Crippen LogP contribution in [0, 0.1) is 17.8 Å². The molecule has 3 N–H and O–H groups in total. The summed E-state index contributed by atoms with van der Waals surface area (Å²) in [6, 6.07) is 0.288. The lowest BCUT2D eigenvalue weighted by molar-refractivity contribution is -0.135. The Kier molecular flexibility index (Phi) is 5.54. The van der Waals surface area contributed by atoms with Crippen LogP contribution >= 0.6 is 0 Å². The van der Waals surface area contributed by atoms with E-state index in [0.717, 1.165) is 25.7 Å². The first-order valence-electron chi connectivity index (χ1n) is 9.04. The molecule has 3 aliphatic rings. The summed E-state index contributed by atoms with van der Waals surface area (Å²) in [7, 11) is 0. The average molecular weight is 323 g/mol. The number of hydrogen-bond acceptors (Lipinski definition) is 4. The fourth-order valence-electron chi connectivity index (χ4n) is 4.41. The van der Waals surface area contributed by atoms with Crippen molar-refractivity contribution in [1.82, 2.24) is 10.2 Å². The van der Waals surface area contributed by atoms with Crippen molar-refractivity contribution in [2.24, 2.45) is 23.5 Å². The predicted molar refractivity (Wildman–Crippen MR) is 86.6 cm³/mol. The maximum Gasteiger partial charge on any atom is 0.224 e. The number of ether oxygens (including phenoxy) is 1. The van der Waals surface area contributed by atoms with Crippen molar-refractivity contribution in [2.45, 2.75) is 44.6 Å². The van der Waals surface area contributed by atoms with Crippen LogP contribution in [0.15, 0.2) is 0 Å². The van der Waals surface area contributed by atoms with Gasteiger partial charge in [0.1, 0.15) is 0 Å². The Morgan fingerprint density at radius 3 is 2.43 bits per heavy atom. The van der Waals surface area contributed by atoms with Crippen LogP contribution < -0.4 is 11.1 Å². The van der Waals surface area contributed by atoms with E-state index in [4.69, 9.17) is 10.5 Å². The van der Waals surface area contributed by atoms with Gasteiger partial charge in [0, 0.05) is 38.0 Å². The number of nitrogens with one attached hydrogen (secondary N) is 1. The molecule has 6 heteroatoms. The van der Waals surface area contributed by atoms with Gasteiger partial charge in [0.05, 0.1) is 13.2 Å². The molecule has 2 saturated carbocycles. The lowest BCUT2D eigenvalue weighted by atomic mass is 9.65. The smallest absolute Gasteiger partial charge is 0.224 e. The highest BCUT2D eigenvalue weighted by Crippen LogP contribution is 2.41. The van der Waals surface area contributed by atoms with Gasteiger partial charge in [-0.2, -0.15) is 0 Å². The predicted octanol–water partition coefficient (Wildman–Crippen LogP) is 0.505. The van der Waals surface area contributed by atoms with E-state index in [2.05, 4.69) is 5.32 Å². The number of carbonyl (C=O) groups is 2. The Labute approximate surface area is 138 Å². The van der Waals surface area contributed by atoms with E-state index in [9.17, 15) is 9.59 Å². The SMILES string of the molecule is NC1C2CCCC1CC(C(=O)NCCC(=O)N1CCOCC1)C2. The summed E-state index contributed by atoms with van der Waals surface area (Å²) in [5.41, 5.74) is 6.28. The molecule has 2 amide bonds. The fraction of sp³-hybridized carbons (Fsp3) is 0.882. The van der Waals surface area contributed by atoms with Gasteiger partial charge in [-0.25, -0.2) is 0 Å². The molecule has 0 aromatic heterocycles. The third-order valence-corrected chi connectivity index (χ3v) is 5.79. The number of amides is 2. The first kappa shape index (κ1) is 16.7. The van der Waals surface area contributed by atoms with Gasteiger partial charge in [0.15, 0.2) is 0 Å². The molecule has 0 aromatic rings. The molecule has 3 rings (SSSR count). The zero-order chi connectivity index (χ0) is 16.2. The van der Waals surface area contributed by atoms with E-state index >= 15 is 0 Å². The number of hydrogen-bond donors (Lipinski definition) is 2. The highest BCUT2D eigenvalue weighted by Gasteiger charge is 2.40. The van der Waals surface area contributed by atoms with Gasteiger partial charge in [-0.15, -0.1) is 0 Å². The molecule has 23 heavy (non-hydrogen) atoms. The molecule has 1 saturated heterocycles. The monoisotopic (exact) mass is 323 g/mol. The molecular formula is C17H29N3O3. The van der Waals surface area contributed by atoms with Crippen LogP contribution in [-0.2, 0) is 14.3 Å². The van der Waals surface area contributed by atoms with E-state index < -0.39 is 0 Å². The minimum Gasteiger partial charge on any atom is -0.378 e. The summed E-state index contributed by atoms with van der Waals surface area (Å²) in [4.78, 5) is 26.3. The van der Waals surface area contributed by atoms with Crippen LogP contribution in [0.5, 0.6) is 0 Å². The minimum absolute atomic E-state index is 0.0867. The van der Waals surface area contributed by atoms with E-state index in [-0.39, 0.29) is 23.8 Å². The van der Waals surface area contributed by atoms with Crippen LogP contribution in [0.4, 0.5) is 0 Å². The Hall–Kier alpha value is -1.14. The van der Waals surface area contributed by atoms with Crippen molar-refractivity contribution < 1.29 is 14.3 Å². The summed E-state index contributed by atoms with van der Waals surface area (Å²) in [6.45, 7) is 2.99. The van der Waals surface area contributed by atoms with Crippen LogP contribution in [0.2, 0.25) is 0 Å². The highest BCUT2D eigenvalue weighted by molar-refractivity contribution is 5.80. The number of nitrogens with two attached hydrogens (primary N) is 1. The second-order valence-electron chi connectivity index (χ2n) is 7.23. The molecule has 0 radical (unpaired) electrons. The first-order chi connectivity index (χ1) is 11.1. The van der Waals surface area contributed by atoms with Gasteiger partial charge >= 0.3 is 0 Å². The van der Waals surface area contributed by atoms with Gasteiger partial charge in [-0.05, 0) is 37.5 Å². The Morgan fingerprint density at radius 2 is 1.78 bits per heavy atom. The van der Waals surface area contributed by atoms with E-state index in [0.29, 0.717) is 51.1 Å². The maximum absolute atomic E-state index is 12.4. The average Bonchev–Trinajstić information content (AvgIpc) is 2.55. The normalized spacial score (nSPS) is 34.0. The zero-order valence-corrected chi connectivity index (χ0v) is 13.8. The molecule has 2 aliphatic carbocycles. The molecule has 3 fully saturated rings. The maximum atomic E-state index is 12.4. The molecule has 130 valence electrons. The van der Waals surface area contributed by atoms with Gasteiger partial charge in [-0.1, -0.05) is 6.42 Å². The molecule has 0 spiro atoms. The van der Waals surface area contributed by atoms with Crippen LogP contribution in [0.3, 0.4) is 0 Å². The van der Waals surface area contributed by atoms with Gasteiger partial charge in [0.25, 0.3) is 0 Å². The summed E-state index contributed by atoms with van der Waals surface area (Å²) < 4.78 is 5.24. The second-order valence-corrected chi connectivity index (χ2v) is 7.23. The molecule has 2 atom stereocenters. The lowest BCUT2D eigenvalue weighted by Gasteiger charge is -2.43. The lowest BCUT2D eigenvalue weighted by Crippen LogP contribution is -2.49. The number of nitrogens with zero attached hydrogens (tertiary/aromatic N) is 1. The second kappa shape index (κ2) is 7.62. The summed E-state index contributed by atoms with van der Waals surface area (Å²) >= 11 is 0. The van der Waals surface area contributed by atoms with Crippen molar-refractivity contribution in [1.29, 1.82) is 0 Å². The Balaban J connectivity index is 1.40. The number of rotatable bonds is 4. The standard InChI is InChI=1S/C17H29N3O3/c18-16-12-2-1-3-13(16)11-14(10-12)17(22)19-5-4-15(21)20-6-8-23-9-7-20/h12-14,16H,1-11,18H2,(H,19,22). The van der Waals surface area contributed by atoms with E-state index in [1.807, 2.05) is 4.90 Å². The van der Waals surface area contributed by atoms with Gasteiger partial charge in [0.2, 0.25) is 11.8 Å². The zero-order valence-electron chi connectivity index (χ0n) is 13.8. The van der Waals surface area contributed by atoms with Crippen molar-refractivity contribution in [2.75, 3.05) is 32.8 Å². The summed E-state index contributed by atoms with van der Waals surface area (Å²) in [6.07, 6.45) is 5.80. The molecule has 1 aliphatic heterocycles. The third-order valence-electron chi connectivity index (χ3n) is 5.79. The van der Waals surface area contributed by atoms with Gasteiger partial charge < -0.3 is 20.7 Å².